The molecule has 3 rings (SSSR count). The molecule has 0 bridgehead atoms. The lowest BCUT2D eigenvalue weighted by molar-refractivity contribution is 0.207. The van der Waals surface area contributed by atoms with Gasteiger partial charge in [0.25, 0.3) is 0 Å². The molecular weight excluding hydrogens is 324 g/mol. The topological polar surface area (TPSA) is 68.6 Å². The van der Waals surface area contributed by atoms with Crippen molar-refractivity contribution in [2.75, 3.05) is 0 Å². The third kappa shape index (κ3) is 3.64. The van der Waals surface area contributed by atoms with Crippen LogP contribution in [0.3, 0.4) is 0 Å². The highest BCUT2D eigenvalue weighted by molar-refractivity contribution is 7.92. The highest BCUT2D eigenvalue weighted by Crippen LogP contribution is 2.26. The van der Waals surface area contributed by atoms with Gasteiger partial charge in [-0.15, -0.1) is 0 Å². The van der Waals surface area contributed by atoms with Crippen LogP contribution in [0.5, 0.6) is 0 Å². The minimum absolute atomic E-state index is 0.292. The molecule has 0 N–H and O–H groups in total. The number of sulfone groups is 1. The fourth-order valence-corrected chi connectivity index (χ4v) is 4.36. The molecule has 24 heavy (non-hydrogen) atoms. The Morgan fingerprint density at radius 2 is 1.79 bits per heavy atom. The van der Waals surface area contributed by atoms with Gasteiger partial charge in [-0.2, -0.15) is 0 Å². The highest BCUT2D eigenvalue weighted by atomic mass is 32.2. The number of nitrogens with zero attached hydrogens (tertiary/aromatic N) is 2. The maximum Gasteiger partial charge on any atom is 0.205 e. The molecule has 6 heteroatoms. The van der Waals surface area contributed by atoms with Crippen LogP contribution in [-0.4, -0.2) is 31.3 Å². The molecule has 0 spiro atoms. The van der Waals surface area contributed by atoms with Crippen LogP contribution in [-0.2, 0) is 21.0 Å². The number of aliphatic imine (C=N–C) groups is 1. The summed E-state index contributed by atoms with van der Waals surface area (Å²) < 4.78 is 31.0. The maximum atomic E-state index is 12.8. The average Bonchev–Trinajstić information content (AvgIpc) is 3.06. The second kappa shape index (κ2) is 7.13. The van der Waals surface area contributed by atoms with Crippen LogP contribution < -0.4 is 0 Å². The lowest BCUT2D eigenvalue weighted by Crippen LogP contribution is -2.30. The van der Waals surface area contributed by atoms with Crippen LogP contribution in [0.25, 0.3) is 0 Å². The lowest BCUT2D eigenvalue weighted by Gasteiger charge is -2.17. The molecular formula is C18H20N2O3S. The minimum atomic E-state index is -3.53. The van der Waals surface area contributed by atoms with Crippen LogP contribution >= 0.6 is 0 Å². The quantitative estimate of drug-likeness (QED) is 0.808. The molecule has 0 aliphatic carbocycles. The highest BCUT2D eigenvalue weighted by Gasteiger charge is 2.38. The summed E-state index contributed by atoms with van der Waals surface area (Å²) in [4.78, 5) is 8.35. The second-order valence-electron chi connectivity index (χ2n) is 5.93. The first-order chi connectivity index (χ1) is 11.6. The molecule has 2 heterocycles. The van der Waals surface area contributed by atoms with E-state index >= 15 is 0 Å². The van der Waals surface area contributed by atoms with Gasteiger partial charge in [-0.25, -0.2) is 13.4 Å². The smallest absolute Gasteiger partial charge is 0.205 e. The van der Waals surface area contributed by atoms with Gasteiger partial charge in [0.05, 0.1) is 4.90 Å². The predicted molar refractivity (Wildman–Crippen MR) is 92.7 cm³/mol. The molecule has 0 radical (unpaired) electrons. The normalized spacial score (nSPS) is 20.0. The van der Waals surface area contributed by atoms with Gasteiger partial charge in [0, 0.05) is 12.4 Å². The van der Waals surface area contributed by atoms with Gasteiger partial charge in [-0.1, -0.05) is 17.7 Å². The first-order valence-corrected chi connectivity index (χ1v) is 9.48. The molecule has 2 atom stereocenters. The SMILES string of the molecule is Cc1ccc(S(=O)(=O)C2N=COC2CCCc2ccncc2)cc1. The standard InChI is InChI=1S/C18H20N2O3S/c1-14-5-7-16(8-6-14)24(21,22)18-17(23-13-20-18)4-2-3-15-9-11-19-12-10-15/h5-13,17-18H,2-4H2,1H3. The lowest BCUT2D eigenvalue weighted by atomic mass is 10.1. The number of hydrogen-bond donors (Lipinski definition) is 0. The van der Waals surface area contributed by atoms with E-state index in [1.54, 1.807) is 36.7 Å². The summed E-state index contributed by atoms with van der Waals surface area (Å²) in [7, 11) is -3.53. The Balaban J connectivity index is 1.66. The third-order valence-corrected chi connectivity index (χ3v) is 6.12. The van der Waals surface area contributed by atoms with Crippen molar-refractivity contribution in [1.82, 2.24) is 4.98 Å². The summed E-state index contributed by atoms with van der Waals surface area (Å²) in [5.41, 5.74) is 2.20. The first-order valence-electron chi connectivity index (χ1n) is 7.94. The van der Waals surface area contributed by atoms with Gasteiger partial charge >= 0.3 is 0 Å². The Labute approximate surface area is 142 Å². The largest absolute Gasteiger partial charge is 0.477 e. The first kappa shape index (κ1) is 16.6. The number of hydrogen-bond acceptors (Lipinski definition) is 5. The van der Waals surface area contributed by atoms with Crippen molar-refractivity contribution in [1.29, 1.82) is 0 Å². The zero-order valence-electron chi connectivity index (χ0n) is 13.5. The molecule has 1 aliphatic heterocycles. The molecule has 0 amide bonds. The van der Waals surface area contributed by atoms with E-state index in [0.717, 1.165) is 18.4 Å². The number of pyridine rings is 1. The van der Waals surface area contributed by atoms with Crippen molar-refractivity contribution in [2.24, 2.45) is 4.99 Å². The van der Waals surface area contributed by atoms with E-state index < -0.39 is 21.3 Å². The second-order valence-corrected chi connectivity index (χ2v) is 7.97. The predicted octanol–water partition coefficient (Wildman–Crippen LogP) is 2.94. The number of ether oxygens (including phenoxy) is 1. The van der Waals surface area contributed by atoms with E-state index in [-0.39, 0.29) is 0 Å². The van der Waals surface area contributed by atoms with E-state index in [4.69, 9.17) is 4.74 Å². The monoisotopic (exact) mass is 344 g/mol. The Hall–Kier alpha value is -2.21. The van der Waals surface area contributed by atoms with Crippen LogP contribution in [0.4, 0.5) is 0 Å². The molecule has 1 aromatic heterocycles. The Kier molecular flexibility index (Phi) is 4.94. The Bertz CT molecular complexity index is 802. The van der Waals surface area contributed by atoms with Gasteiger partial charge in [0.2, 0.25) is 9.84 Å². The fraction of sp³-hybridized carbons (Fsp3) is 0.333. The summed E-state index contributed by atoms with van der Waals surface area (Å²) in [5.74, 6) is 0. The summed E-state index contributed by atoms with van der Waals surface area (Å²) in [6.07, 6.45) is 6.69. The number of aromatic nitrogens is 1. The van der Waals surface area contributed by atoms with Crippen molar-refractivity contribution in [3.63, 3.8) is 0 Å². The molecule has 1 aromatic carbocycles. The van der Waals surface area contributed by atoms with Crippen molar-refractivity contribution in [3.8, 4) is 0 Å². The zero-order chi connectivity index (χ0) is 17.0. The van der Waals surface area contributed by atoms with Crippen LogP contribution in [0.2, 0.25) is 0 Å². The molecule has 126 valence electrons. The van der Waals surface area contributed by atoms with E-state index in [0.29, 0.717) is 11.3 Å². The number of benzene rings is 1. The van der Waals surface area contributed by atoms with E-state index in [9.17, 15) is 8.42 Å². The van der Waals surface area contributed by atoms with Gasteiger partial charge in [-0.3, -0.25) is 4.98 Å². The van der Waals surface area contributed by atoms with Gasteiger partial charge in [-0.05, 0) is 56.0 Å². The molecule has 2 unspecified atom stereocenters. The van der Waals surface area contributed by atoms with Crippen LogP contribution in [0.1, 0.15) is 24.0 Å². The third-order valence-electron chi connectivity index (χ3n) is 4.13. The van der Waals surface area contributed by atoms with Crippen LogP contribution in [0.15, 0.2) is 58.7 Å². The van der Waals surface area contributed by atoms with Crippen molar-refractivity contribution >= 4 is 16.2 Å². The molecule has 0 saturated heterocycles. The average molecular weight is 344 g/mol. The summed E-state index contributed by atoms with van der Waals surface area (Å²) in [6, 6.07) is 10.8. The molecule has 0 fully saturated rings. The minimum Gasteiger partial charge on any atom is -0.477 e. The van der Waals surface area contributed by atoms with Gasteiger partial charge < -0.3 is 4.74 Å². The Morgan fingerprint density at radius 3 is 2.50 bits per heavy atom. The number of rotatable bonds is 6. The van der Waals surface area contributed by atoms with Crippen molar-refractivity contribution in [2.45, 2.75) is 42.6 Å². The fourth-order valence-electron chi connectivity index (χ4n) is 2.75. The summed E-state index contributed by atoms with van der Waals surface area (Å²) in [6.45, 7) is 1.93. The van der Waals surface area contributed by atoms with E-state index in [2.05, 4.69) is 9.98 Å². The summed E-state index contributed by atoms with van der Waals surface area (Å²) in [5, 5.41) is -0.863. The summed E-state index contributed by atoms with van der Waals surface area (Å²) >= 11 is 0. The Morgan fingerprint density at radius 1 is 1.08 bits per heavy atom. The van der Waals surface area contributed by atoms with Crippen molar-refractivity contribution < 1.29 is 13.2 Å². The zero-order valence-corrected chi connectivity index (χ0v) is 14.3. The van der Waals surface area contributed by atoms with E-state index in [1.807, 2.05) is 19.1 Å². The molecule has 1 aliphatic rings. The van der Waals surface area contributed by atoms with Crippen molar-refractivity contribution in [3.05, 3.63) is 59.9 Å². The van der Waals surface area contributed by atoms with Gasteiger partial charge in [0.15, 0.2) is 11.8 Å². The van der Waals surface area contributed by atoms with E-state index in [1.165, 1.54) is 12.0 Å². The molecule has 0 saturated carbocycles. The maximum absolute atomic E-state index is 12.8. The van der Waals surface area contributed by atoms with Gasteiger partial charge in [0.1, 0.15) is 6.10 Å². The molecule has 5 nitrogen and oxygen atoms in total. The number of aryl methyl sites for hydroxylation is 2. The molecule has 2 aromatic rings. The van der Waals surface area contributed by atoms with Crippen LogP contribution in [0, 0.1) is 6.92 Å².